The standard InChI is InChI=1S/C25H26F2N2O3/c1-14(2)32-24(31)17-12-29(23(30)15-9-10-18(26)19(27)11-15)13-25(3,4)21-16-7-5-6-8-20(16)28-22(17)21/h5-12,14,24,28,31H,13H2,1-4H3. The van der Waals surface area contributed by atoms with E-state index < -0.39 is 29.2 Å². The molecule has 0 bridgehead atoms. The second-order valence-corrected chi connectivity index (χ2v) is 8.99. The zero-order valence-electron chi connectivity index (χ0n) is 18.4. The van der Waals surface area contributed by atoms with E-state index in [4.69, 9.17) is 4.74 Å². The van der Waals surface area contributed by atoms with Crippen LogP contribution in [0, 0.1) is 11.6 Å². The van der Waals surface area contributed by atoms with Crippen molar-refractivity contribution in [2.45, 2.75) is 45.5 Å². The van der Waals surface area contributed by atoms with E-state index in [0.717, 1.165) is 28.6 Å². The van der Waals surface area contributed by atoms with Crippen LogP contribution in [-0.2, 0) is 10.2 Å². The van der Waals surface area contributed by atoms with E-state index in [1.807, 2.05) is 38.1 Å². The highest BCUT2D eigenvalue weighted by Gasteiger charge is 2.37. The van der Waals surface area contributed by atoms with Crippen molar-refractivity contribution in [1.82, 2.24) is 9.88 Å². The predicted molar refractivity (Wildman–Crippen MR) is 119 cm³/mol. The summed E-state index contributed by atoms with van der Waals surface area (Å²) in [6.45, 7) is 7.88. The van der Waals surface area contributed by atoms with Gasteiger partial charge in [0.2, 0.25) is 0 Å². The molecule has 4 rings (SSSR count). The van der Waals surface area contributed by atoms with Crippen LogP contribution in [0.15, 0.2) is 48.7 Å². The molecule has 1 aliphatic heterocycles. The van der Waals surface area contributed by atoms with Gasteiger partial charge in [-0.1, -0.05) is 32.0 Å². The second kappa shape index (κ2) is 8.15. The number of H-pyrrole nitrogens is 1. The normalized spacial score (nSPS) is 16.6. The molecular formula is C25H26F2N2O3. The third-order valence-electron chi connectivity index (χ3n) is 5.63. The number of aliphatic hydroxyl groups is 1. The molecule has 0 saturated carbocycles. The number of benzene rings is 2. The Morgan fingerprint density at radius 1 is 1.16 bits per heavy atom. The smallest absolute Gasteiger partial charge is 0.257 e. The van der Waals surface area contributed by atoms with Crippen LogP contribution in [0.2, 0.25) is 0 Å². The number of aromatic amines is 1. The number of hydrogen-bond donors (Lipinski definition) is 2. The first-order valence-electron chi connectivity index (χ1n) is 10.5. The Balaban J connectivity index is 1.88. The van der Waals surface area contributed by atoms with Gasteiger partial charge in [-0.3, -0.25) is 4.79 Å². The molecule has 7 heteroatoms. The highest BCUT2D eigenvalue weighted by atomic mass is 19.2. The van der Waals surface area contributed by atoms with Crippen molar-refractivity contribution in [1.29, 1.82) is 0 Å². The minimum Gasteiger partial charge on any atom is -0.364 e. The topological polar surface area (TPSA) is 65.6 Å². The van der Waals surface area contributed by atoms with Crippen molar-refractivity contribution < 1.29 is 23.4 Å². The molecule has 0 aliphatic carbocycles. The lowest BCUT2D eigenvalue weighted by molar-refractivity contribution is -0.0859. The average Bonchev–Trinajstić information content (AvgIpc) is 3.06. The number of carbonyl (C=O) groups is 1. The molecule has 3 aromatic rings. The summed E-state index contributed by atoms with van der Waals surface area (Å²) < 4.78 is 32.9. The number of hydrogen-bond acceptors (Lipinski definition) is 3. The number of nitrogens with zero attached hydrogens (tertiary/aromatic N) is 1. The molecule has 2 N–H and O–H groups in total. The molecule has 1 amide bonds. The van der Waals surface area contributed by atoms with Crippen LogP contribution in [0.4, 0.5) is 8.78 Å². The second-order valence-electron chi connectivity index (χ2n) is 8.99. The Labute approximate surface area is 185 Å². The minimum atomic E-state index is -1.30. The van der Waals surface area contributed by atoms with Gasteiger partial charge in [-0.2, -0.15) is 0 Å². The van der Waals surface area contributed by atoms with Crippen LogP contribution < -0.4 is 0 Å². The van der Waals surface area contributed by atoms with Gasteiger partial charge in [-0.15, -0.1) is 0 Å². The maximum atomic E-state index is 13.8. The monoisotopic (exact) mass is 440 g/mol. The molecule has 32 heavy (non-hydrogen) atoms. The van der Waals surface area contributed by atoms with Gasteiger partial charge in [-0.25, -0.2) is 8.78 Å². The van der Waals surface area contributed by atoms with E-state index in [2.05, 4.69) is 4.98 Å². The SMILES string of the molecule is CC(C)OC(O)C1=CN(C(=O)c2ccc(F)c(F)c2)CC(C)(C)c2c1[nH]c1ccccc21. The van der Waals surface area contributed by atoms with Crippen molar-refractivity contribution in [3.05, 3.63) is 77.1 Å². The number of carbonyl (C=O) groups excluding carboxylic acids is 1. The Bertz CT molecular complexity index is 1210. The van der Waals surface area contributed by atoms with E-state index in [1.54, 1.807) is 20.0 Å². The molecule has 0 fully saturated rings. The first-order chi connectivity index (χ1) is 15.1. The van der Waals surface area contributed by atoms with E-state index in [9.17, 15) is 18.7 Å². The number of aliphatic hydroxyl groups excluding tert-OH is 1. The van der Waals surface area contributed by atoms with Crippen LogP contribution in [0.1, 0.15) is 49.3 Å². The molecule has 2 heterocycles. The Morgan fingerprint density at radius 3 is 2.56 bits per heavy atom. The molecule has 1 aliphatic rings. The van der Waals surface area contributed by atoms with Crippen molar-refractivity contribution in [2.75, 3.05) is 6.54 Å². The van der Waals surface area contributed by atoms with Gasteiger partial charge in [0.05, 0.1) is 11.8 Å². The minimum absolute atomic E-state index is 0.0185. The van der Waals surface area contributed by atoms with Gasteiger partial charge >= 0.3 is 0 Å². The number of aromatic nitrogens is 1. The Kier molecular flexibility index (Phi) is 5.65. The van der Waals surface area contributed by atoms with Gasteiger partial charge in [0.1, 0.15) is 0 Å². The fraction of sp³-hybridized carbons (Fsp3) is 0.320. The Hall–Kier alpha value is -3.03. The molecule has 5 nitrogen and oxygen atoms in total. The third-order valence-corrected chi connectivity index (χ3v) is 5.63. The number of ether oxygens (including phenoxy) is 1. The quantitative estimate of drug-likeness (QED) is 0.564. The average molecular weight is 440 g/mol. The Morgan fingerprint density at radius 2 is 1.88 bits per heavy atom. The van der Waals surface area contributed by atoms with Crippen LogP contribution >= 0.6 is 0 Å². The summed E-state index contributed by atoms with van der Waals surface area (Å²) in [6, 6.07) is 10.9. The number of nitrogens with one attached hydrogen (secondary N) is 1. The van der Waals surface area contributed by atoms with Crippen LogP contribution in [0.3, 0.4) is 0 Å². The molecule has 1 unspecified atom stereocenters. The van der Waals surface area contributed by atoms with E-state index >= 15 is 0 Å². The predicted octanol–water partition coefficient (Wildman–Crippen LogP) is 4.96. The number of halogens is 2. The summed E-state index contributed by atoms with van der Waals surface area (Å²) in [4.78, 5) is 18.1. The van der Waals surface area contributed by atoms with Crippen molar-refractivity contribution >= 4 is 22.4 Å². The lowest BCUT2D eigenvalue weighted by atomic mass is 9.81. The number of para-hydroxylation sites is 1. The third kappa shape index (κ3) is 3.94. The molecule has 0 spiro atoms. The van der Waals surface area contributed by atoms with E-state index in [0.29, 0.717) is 11.3 Å². The molecule has 168 valence electrons. The van der Waals surface area contributed by atoms with Crippen molar-refractivity contribution in [3.63, 3.8) is 0 Å². The molecular weight excluding hydrogens is 414 g/mol. The van der Waals surface area contributed by atoms with Gasteiger partial charge in [0, 0.05) is 40.2 Å². The lowest BCUT2D eigenvalue weighted by Crippen LogP contribution is -2.37. The van der Waals surface area contributed by atoms with Crippen molar-refractivity contribution in [2.24, 2.45) is 0 Å². The summed E-state index contributed by atoms with van der Waals surface area (Å²) in [5.74, 6) is -2.61. The molecule has 2 aromatic carbocycles. The molecule has 1 atom stereocenters. The number of rotatable bonds is 4. The zero-order chi connectivity index (χ0) is 23.2. The summed E-state index contributed by atoms with van der Waals surface area (Å²) in [5.41, 5.74) is 2.43. The van der Waals surface area contributed by atoms with Gasteiger partial charge in [-0.05, 0) is 43.7 Å². The molecule has 0 radical (unpaired) electrons. The van der Waals surface area contributed by atoms with Crippen molar-refractivity contribution in [3.8, 4) is 0 Å². The number of fused-ring (bicyclic) bond motifs is 3. The maximum Gasteiger partial charge on any atom is 0.257 e. The first-order valence-corrected chi connectivity index (χ1v) is 10.5. The fourth-order valence-corrected chi connectivity index (χ4v) is 4.29. The molecule has 1 aromatic heterocycles. The highest BCUT2D eigenvalue weighted by Crippen LogP contribution is 2.41. The largest absolute Gasteiger partial charge is 0.364 e. The van der Waals surface area contributed by atoms with E-state index in [1.165, 1.54) is 11.0 Å². The summed E-state index contributed by atoms with van der Waals surface area (Å²) in [7, 11) is 0. The first kappa shape index (κ1) is 22.2. The van der Waals surface area contributed by atoms with Gasteiger partial charge < -0.3 is 19.7 Å². The van der Waals surface area contributed by atoms with E-state index in [-0.39, 0.29) is 18.2 Å². The summed E-state index contributed by atoms with van der Waals surface area (Å²) in [5, 5.41) is 11.9. The molecule has 0 saturated heterocycles. The summed E-state index contributed by atoms with van der Waals surface area (Å²) >= 11 is 0. The van der Waals surface area contributed by atoms with Gasteiger partial charge in [0.25, 0.3) is 5.91 Å². The zero-order valence-corrected chi connectivity index (χ0v) is 18.4. The summed E-state index contributed by atoms with van der Waals surface area (Å²) in [6.07, 6.45) is -0.0131. The van der Waals surface area contributed by atoms with Crippen LogP contribution in [0.25, 0.3) is 16.5 Å². The lowest BCUT2D eigenvalue weighted by Gasteiger charge is -2.29. The highest BCUT2D eigenvalue weighted by molar-refractivity contribution is 5.97. The maximum absolute atomic E-state index is 13.8. The fourth-order valence-electron chi connectivity index (χ4n) is 4.29. The van der Waals surface area contributed by atoms with Gasteiger partial charge in [0.15, 0.2) is 17.9 Å². The van der Waals surface area contributed by atoms with Crippen LogP contribution in [0.5, 0.6) is 0 Å². The number of amides is 1. The van der Waals surface area contributed by atoms with Crippen LogP contribution in [-0.4, -0.2) is 39.8 Å².